The number of aliphatic hydroxyl groups is 1. The van der Waals surface area contributed by atoms with Gasteiger partial charge in [0, 0.05) is 5.92 Å². The number of hydrogen-bond donors (Lipinski definition) is 1. The molecule has 0 spiro atoms. The number of rotatable bonds is 4. The predicted molar refractivity (Wildman–Crippen MR) is 97.7 cm³/mol. The van der Waals surface area contributed by atoms with Crippen LogP contribution in [0.3, 0.4) is 0 Å². The first-order chi connectivity index (χ1) is 13.9. The standard InChI is InChI=1S/C21H30F6O4/c1-9-10(2)12-6-11(9)13-7-14(17(29)16(12)13)19(20(22,23)24,21(25,26)27)30-8-15(28)31-18(3,4)5/h9-14,16-17,29H,6-8H2,1-5H3. The Kier molecular flexibility index (Phi) is 5.95. The van der Waals surface area contributed by atoms with Crippen LogP contribution in [-0.2, 0) is 14.3 Å². The molecule has 1 N–H and O–H groups in total. The normalized spacial score (nSPS) is 38.5. The third-order valence-electron chi connectivity index (χ3n) is 7.80. The molecule has 4 nitrogen and oxygen atoms in total. The molecule has 0 radical (unpaired) electrons. The van der Waals surface area contributed by atoms with Crippen LogP contribution < -0.4 is 0 Å². The minimum Gasteiger partial charge on any atom is -0.458 e. The van der Waals surface area contributed by atoms with Gasteiger partial charge in [-0.2, -0.15) is 26.3 Å². The van der Waals surface area contributed by atoms with E-state index in [1.807, 2.05) is 13.8 Å². The highest BCUT2D eigenvalue weighted by molar-refractivity contribution is 5.71. The van der Waals surface area contributed by atoms with Crippen molar-refractivity contribution in [2.75, 3.05) is 6.61 Å². The Morgan fingerprint density at radius 1 is 0.903 bits per heavy atom. The fraction of sp³-hybridized carbons (Fsp3) is 0.952. The number of carbonyl (C=O) groups is 1. The quantitative estimate of drug-likeness (QED) is 0.486. The SMILES string of the molecule is CC1C(C)C2CC1C1CC(C(OCC(=O)OC(C)(C)C)(C(F)(F)F)C(F)(F)F)C(O)C21. The molecular formula is C21H30F6O4. The maximum atomic E-state index is 14.1. The number of hydrogen-bond acceptors (Lipinski definition) is 4. The molecule has 31 heavy (non-hydrogen) atoms. The third-order valence-corrected chi connectivity index (χ3v) is 7.80. The molecule has 8 atom stereocenters. The van der Waals surface area contributed by atoms with E-state index in [4.69, 9.17) is 4.74 Å². The molecule has 0 aromatic heterocycles. The zero-order chi connectivity index (χ0) is 23.7. The second kappa shape index (κ2) is 7.50. The lowest BCUT2D eigenvalue weighted by Crippen LogP contribution is -2.65. The van der Waals surface area contributed by atoms with E-state index >= 15 is 0 Å². The Balaban J connectivity index is 1.95. The summed E-state index contributed by atoms with van der Waals surface area (Å²) in [6.45, 7) is 6.69. The number of esters is 1. The predicted octanol–water partition coefficient (Wildman–Crippen LogP) is 4.74. The van der Waals surface area contributed by atoms with Crippen LogP contribution in [0.5, 0.6) is 0 Å². The number of halogens is 6. The summed E-state index contributed by atoms with van der Waals surface area (Å²) in [5.41, 5.74) is -5.75. The fourth-order valence-electron chi connectivity index (χ4n) is 6.54. The smallest absolute Gasteiger partial charge is 0.426 e. The van der Waals surface area contributed by atoms with Crippen LogP contribution in [0.25, 0.3) is 0 Å². The van der Waals surface area contributed by atoms with E-state index in [2.05, 4.69) is 4.74 Å². The van der Waals surface area contributed by atoms with Crippen molar-refractivity contribution in [3.05, 3.63) is 0 Å². The highest BCUT2D eigenvalue weighted by Crippen LogP contribution is 2.67. The molecule has 0 saturated heterocycles. The average Bonchev–Trinajstić information content (AvgIpc) is 3.17. The van der Waals surface area contributed by atoms with Crippen molar-refractivity contribution in [2.24, 2.45) is 41.4 Å². The van der Waals surface area contributed by atoms with E-state index < -0.39 is 66.4 Å². The van der Waals surface area contributed by atoms with Crippen LogP contribution in [0.1, 0.15) is 47.5 Å². The molecule has 3 aliphatic rings. The lowest BCUT2D eigenvalue weighted by molar-refractivity contribution is -0.401. The van der Waals surface area contributed by atoms with Gasteiger partial charge in [0.25, 0.3) is 5.60 Å². The van der Waals surface area contributed by atoms with Gasteiger partial charge >= 0.3 is 18.3 Å². The summed E-state index contributed by atoms with van der Waals surface area (Å²) in [7, 11) is 0. The Morgan fingerprint density at radius 2 is 1.42 bits per heavy atom. The number of fused-ring (bicyclic) bond motifs is 5. The maximum Gasteiger partial charge on any atom is 0.426 e. The van der Waals surface area contributed by atoms with E-state index in [1.165, 1.54) is 20.8 Å². The van der Waals surface area contributed by atoms with Crippen LogP contribution >= 0.6 is 0 Å². The zero-order valence-electron chi connectivity index (χ0n) is 18.2. The number of alkyl halides is 6. The molecule has 3 fully saturated rings. The highest BCUT2D eigenvalue weighted by atomic mass is 19.4. The molecule has 10 heteroatoms. The second-order valence-corrected chi connectivity index (χ2v) is 10.5. The van der Waals surface area contributed by atoms with Crippen molar-refractivity contribution in [1.29, 1.82) is 0 Å². The van der Waals surface area contributed by atoms with Crippen LogP contribution in [0, 0.1) is 41.4 Å². The number of aliphatic hydroxyl groups excluding tert-OH is 1. The van der Waals surface area contributed by atoms with Crippen molar-refractivity contribution in [2.45, 2.75) is 77.1 Å². The van der Waals surface area contributed by atoms with E-state index in [0.29, 0.717) is 6.42 Å². The van der Waals surface area contributed by atoms with Crippen LogP contribution in [0.4, 0.5) is 26.3 Å². The number of carbonyl (C=O) groups excluding carboxylic acids is 1. The largest absolute Gasteiger partial charge is 0.458 e. The minimum atomic E-state index is -5.88. The van der Waals surface area contributed by atoms with Crippen LogP contribution in [0.15, 0.2) is 0 Å². The Bertz CT molecular complexity index is 683. The van der Waals surface area contributed by atoms with E-state index in [-0.39, 0.29) is 23.7 Å². The van der Waals surface area contributed by atoms with Gasteiger partial charge in [0.05, 0.1) is 6.10 Å². The summed E-state index contributed by atoms with van der Waals surface area (Å²) in [6.07, 6.45) is -13.3. The van der Waals surface area contributed by atoms with Gasteiger partial charge in [-0.25, -0.2) is 4.79 Å². The van der Waals surface area contributed by atoms with Crippen LogP contribution in [-0.4, -0.2) is 47.3 Å². The second-order valence-electron chi connectivity index (χ2n) is 10.5. The monoisotopic (exact) mass is 460 g/mol. The lowest BCUT2D eigenvalue weighted by Gasteiger charge is -2.43. The van der Waals surface area contributed by atoms with Crippen molar-refractivity contribution in [3.8, 4) is 0 Å². The van der Waals surface area contributed by atoms with Crippen LogP contribution in [0.2, 0.25) is 0 Å². The molecule has 0 aromatic rings. The van der Waals surface area contributed by atoms with Crippen molar-refractivity contribution in [1.82, 2.24) is 0 Å². The molecule has 180 valence electrons. The molecule has 0 aliphatic heterocycles. The van der Waals surface area contributed by atoms with E-state index in [1.54, 1.807) is 0 Å². The third kappa shape index (κ3) is 3.85. The summed E-state index contributed by atoms with van der Waals surface area (Å²) in [6, 6.07) is 0. The van der Waals surface area contributed by atoms with Gasteiger partial charge in [-0.15, -0.1) is 0 Å². The molecular weight excluding hydrogens is 430 g/mol. The molecule has 0 heterocycles. The summed E-state index contributed by atoms with van der Waals surface area (Å²) < 4.78 is 94.0. The highest BCUT2D eigenvalue weighted by Gasteiger charge is 2.79. The Hall–Kier alpha value is -1.03. The first-order valence-electron chi connectivity index (χ1n) is 10.6. The van der Waals surface area contributed by atoms with Gasteiger partial charge < -0.3 is 14.6 Å². The molecule has 3 rings (SSSR count). The molecule has 2 bridgehead atoms. The average molecular weight is 460 g/mol. The molecule has 3 aliphatic carbocycles. The summed E-state index contributed by atoms with van der Waals surface area (Å²) >= 11 is 0. The van der Waals surface area contributed by atoms with E-state index in [0.717, 1.165) is 0 Å². The van der Waals surface area contributed by atoms with Crippen molar-refractivity contribution >= 4 is 5.97 Å². The van der Waals surface area contributed by atoms with Gasteiger partial charge in [0.1, 0.15) is 12.2 Å². The van der Waals surface area contributed by atoms with Gasteiger partial charge in [-0.3, -0.25) is 0 Å². The van der Waals surface area contributed by atoms with Gasteiger partial charge in [0.15, 0.2) is 0 Å². The maximum absolute atomic E-state index is 14.1. The summed E-state index contributed by atoms with van der Waals surface area (Å²) in [5, 5.41) is 10.8. The zero-order valence-corrected chi connectivity index (χ0v) is 18.2. The molecule has 0 aromatic carbocycles. The number of ether oxygens (including phenoxy) is 2. The first-order valence-corrected chi connectivity index (χ1v) is 10.6. The Morgan fingerprint density at radius 3 is 1.90 bits per heavy atom. The first kappa shape index (κ1) is 24.6. The van der Waals surface area contributed by atoms with Gasteiger partial charge in [-0.1, -0.05) is 13.8 Å². The minimum absolute atomic E-state index is 0.0188. The van der Waals surface area contributed by atoms with Crippen molar-refractivity contribution < 1.29 is 45.7 Å². The summed E-state index contributed by atoms with van der Waals surface area (Å²) in [4.78, 5) is 11.9. The summed E-state index contributed by atoms with van der Waals surface area (Å²) in [5.74, 6) is -4.47. The van der Waals surface area contributed by atoms with Gasteiger partial charge in [-0.05, 0) is 69.1 Å². The topological polar surface area (TPSA) is 55.8 Å². The molecule has 0 amide bonds. The Labute approximate surface area is 177 Å². The van der Waals surface area contributed by atoms with Crippen molar-refractivity contribution in [3.63, 3.8) is 0 Å². The lowest BCUT2D eigenvalue weighted by atomic mass is 9.70. The van der Waals surface area contributed by atoms with Gasteiger partial charge in [0.2, 0.25) is 0 Å². The van der Waals surface area contributed by atoms with E-state index in [9.17, 15) is 36.2 Å². The fourth-order valence-corrected chi connectivity index (χ4v) is 6.54. The molecule has 3 saturated carbocycles. The molecule has 8 unspecified atom stereocenters.